The number of carbonyl (C=O) groups is 3. The van der Waals surface area contributed by atoms with Gasteiger partial charge in [-0.2, -0.15) is 0 Å². The van der Waals surface area contributed by atoms with Crippen LogP contribution in [0, 0.1) is 0 Å². The minimum absolute atomic E-state index is 0.0304. The maximum atomic E-state index is 11.0. The van der Waals surface area contributed by atoms with E-state index in [1.165, 1.54) is 11.8 Å². The normalized spacial score (nSPS) is 15.4. The van der Waals surface area contributed by atoms with E-state index in [9.17, 15) is 14.4 Å². The zero-order chi connectivity index (χ0) is 16.6. The van der Waals surface area contributed by atoms with Gasteiger partial charge in [0.25, 0.3) is 0 Å². The number of aliphatic carboxylic acids is 3. The fourth-order valence-corrected chi connectivity index (χ4v) is 1.55. The minimum atomic E-state index is -1.54. The summed E-state index contributed by atoms with van der Waals surface area (Å²) in [5.74, 6) is -3.48. The van der Waals surface area contributed by atoms with Gasteiger partial charge in [-0.15, -0.1) is 0 Å². The van der Waals surface area contributed by atoms with Crippen LogP contribution in [0.5, 0.6) is 0 Å². The average molecular weight is 306 g/mol. The fourth-order valence-electron chi connectivity index (χ4n) is 1.55. The largest absolute Gasteiger partial charge is 0.480 e. The highest BCUT2D eigenvalue weighted by molar-refractivity contribution is 5.74. The van der Waals surface area contributed by atoms with E-state index < -0.39 is 36.1 Å². The van der Waals surface area contributed by atoms with E-state index in [0.29, 0.717) is 0 Å². The van der Waals surface area contributed by atoms with Crippen molar-refractivity contribution >= 4 is 17.9 Å². The molecule has 0 rings (SSSR count). The molecule has 0 bridgehead atoms. The molecular formula is C12H22N2O7. The maximum Gasteiger partial charge on any atom is 0.332 e. The molecule has 0 saturated carbocycles. The Kier molecular flexibility index (Phi) is 8.51. The van der Waals surface area contributed by atoms with Crippen molar-refractivity contribution in [3.05, 3.63) is 0 Å². The predicted molar refractivity (Wildman–Crippen MR) is 72.0 cm³/mol. The van der Waals surface area contributed by atoms with Gasteiger partial charge in [0.1, 0.15) is 12.1 Å². The molecular weight excluding hydrogens is 284 g/mol. The molecule has 0 fully saturated rings. The molecule has 0 saturated heterocycles. The van der Waals surface area contributed by atoms with E-state index in [1.807, 2.05) is 0 Å². The lowest BCUT2D eigenvalue weighted by atomic mass is 10.1. The Bertz CT molecular complexity index is 375. The first-order valence-electron chi connectivity index (χ1n) is 6.47. The quantitative estimate of drug-likeness (QED) is 0.313. The van der Waals surface area contributed by atoms with Gasteiger partial charge in [-0.25, -0.2) is 4.79 Å². The van der Waals surface area contributed by atoms with Crippen LogP contribution >= 0.6 is 0 Å². The zero-order valence-electron chi connectivity index (χ0n) is 12.0. The molecule has 0 spiro atoms. The monoisotopic (exact) mass is 306 g/mol. The van der Waals surface area contributed by atoms with Crippen LogP contribution in [0.3, 0.4) is 0 Å². The van der Waals surface area contributed by atoms with Crippen LogP contribution in [-0.2, 0) is 14.4 Å². The van der Waals surface area contributed by atoms with E-state index in [2.05, 4.69) is 5.32 Å². The molecule has 5 N–H and O–H groups in total. The van der Waals surface area contributed by atoms with Crippen molar-refractivity contribution in [3.63, 3.8) is 0 Å². The first kappa shape index (κ1) is 19.3. The second-order valence-electron chi connectivity index (χ2n) is 4.77. The van der Waals surface area contributed by atoms with E-state index in [-0.39, 0.29) is 25.9 Å². The standard InChI is InChI=1S/C12H22N2O7/c1-7(10(16)17)14(2)6-4-8(11(18)19)13-5-3-9(15)12(20)21/h7-9,13,15H,3-6H2,1-2H3,(H,16,17)(H,18,19)(H,20,21). The Morgan fingerprint density at radius 1 is 1.05 bits per heavy atom. The molecule has 9 heteroatoms. The summed E-state index contributed by atoms with van der Waals surface area (Å²) in [6.07, 6.45) is -1.49. The van der Waals surface area contributed by atoms with Crippen molar-refractivity contribution in [2.24, 2.45) is 0 Å². The Labute approximate surface area is 122 Å². The molecule has 0 aromatic heterocycles. The number of carboxylic acid groups (broad SMARTS) is 3. The third-order valence-electron chi connectivity index (χ3n) is 3.18. The van der Waals surface area contributed by atoms with Gasteiger partial charge in [-0.3, -0.25) is 14.5 Å². The number of nitrogens with one attached hydrogen (secondary N) is 1. The Morgan fingerprint density at radius 3 is 2.05 bits per heavy atom. The van der Waals surface area contributed by atoms with Crippen molar-refractivity contribution in [3.8, 4) is 0 Å². The Morgan fingerprint density at radius 2 is 1.62 bits per heavy atom. The summed E-state index contributed by atoms with van der Waals surface area (Å²) in [7, 11) is 1.58. The summed E-state index contributed by atoms with van der Waals surface area (Å²) in [6, 6.07) is -1.66. The number of carboxylic acids is 3. The van der Waals surface area contributed by atoms with Crippen molar-refractivity contribution in [2.45, 2.75) is 38.0 Å². The first-order chi connectivity index (χ1) is 9.66. The van der Waals surface area contributed by atoms with Gasteiger partial charge in [-0.05, 0) is 33.4 Å². The zero-order valence-corrected chi connectivity index (χ0v) is 12.0. The molecule has 0 radical (unpaired) electrons. The van der Waals surface area contributed by atoms with Crippen molar-refractivity contribution < 1.29 is 34.8 Å². The topological polar surface area (TPSA) is 147 Å². The van der Waals surface area contributed by atoms with E-state index in [0.717, 1.165) is 0 Å². The molecule has 21 heavy (non-hydrogen) atoms. The maximum absolute atomic E-state index is 11.0. The predicted octanol–water partition coefficient (Wildman–Crippen LogP) is -1.34. The first-order valence-corrected chi connectivity index (χ1v) is 6.47. The number of nitrogens with zero attached hydrogens (tertiary/aromatic N) is 1. The Hall–Kier alpha value is -1.71. The molecule has 0 aromatic rings. The number of aliphatic hydroxyl groups is 1. The highest BCUT2D eigenvalue weighted by Crippen LogP contribution is 2.01. The molecule has 0 aliphatic rings. The third-order valence-corrected chi connectivity index (χ3v) is 3.18. The highest BCUT2D eigenvalue weighted by Gasteiger charge is 2.22. The van der Waals surface area contributed by atoms with Gasteiger partial charge in [-0.1, -0.05) is 0 Å². The number of hydrogen-bond acceptors (Lipinski definition) is 6. The third kappa shape index (κ3) is 7.59. The molecule has 9 nitrogen and oxygen atoms in total. The number of likely N-dealkylation sites (N-methyl/N-ethyl adjacent to an activating group) is 1. The average Bonchev–Trinajstić information content (AvgIpc) is 2.40. The van der Waals surface area contributed by atoms with Crippen LogP contribution in [0.2, 0.25) is 0 Å². The smallest absolute Gasteiger partial charge is 0.332 e. The number of rotatable bonds is 11. The molecule has 0 aromatic carbocycles. The minimum Gasteiger partial charge on any atom is -0.480 e. The molecule has 122 valence electrons. The molecule has 0 heterocycles. The van der Waals surface area contributed by atoms with E-state index in [1.54, 1.807) is 7.05 Å². The van der Waals surface area contributed by atoms with Crippen LogP contribution in [-0.4, -0.2) is 81.6 Å². The van der Waals surface area contributed by atoms with Crippen LogP contribution in [0.15, 0.2) is 0 Å². The molecule has 3 atom stereocenters. The van der Waals surface area contributed by atoms with E-state index >= 15 is 0 Å². The van der Waals surface area contributed by atoms with Crippen molar-refractivity contribution in [1.29, 1.82) is 0 Å². The van der Waals surface area contributed by atoms with Gasteiger partial charge < -0.3 is 25.7 Å². The lowest BCUT2D eigenvalue weighted by Crippen LogP contribution is -2.43. The fraction of sp³-hybridized carbons (Fsp3) is 0.750. The second-order valence-corrected chi connectivity index (χ2v) is 4.77. The SMILES string of the molecule is CC(C(=O)O)N(C)CCC(NCCC(O)C(=O)O)C(=O)O. The summed E-state index contributed by atoms with van der Waals surface area (Å²) >= 11 is 0. The summed E-state index contributed by atoms with van der Waals surface area (Å²) in [5.41, 5.74) is 0. The lowest BCUT2D eigenvalue weighted by molar-refractivity contribution is -0.146. The van der Waals surface area contributed by atoms with Crippen LogP contribution in [0.1, 0.15) is 19.8 Å². The van der Waals surface area contributed by atoms with Gasteiger partial charge in [0.15, 0.2) is 6.10 Å². The van der Waals surface area contributed by atoms with Gasteiger partial charge in [0.05, 0.1) is 0 Å². The second kappa shape index (κ2) is 9.27. The van der Waals surface area contributed by atoms with Crippen LogP contribution in [0.25, 0.3) is 0 Å². The van der Waals surface area contributed by atoms with Crippen molar-refractivity contribution in [1.82, 2.24) is 10.2 Å². The summed E-state index contributed by atoms with van der Waals surface area (Å²) in [4.78, 5) is 33.7. The van der Waals surface area contributed by atoms with Crippen molar-refractivity contribution in [2.75, 3.05) is 20.1 Å². The number of hydrogen-bond donors (Lipinski definition) is 5. The van der Waals surface area contributed by atoms with Gasteiger partial charge >= 0.3 is 17.9 Å². The van der Waals surface area contributed by atoms with Gasteiger partial charge in [0, 0.05) is 6.54 Å². The molecule has 0 amide bonds. The summed E-state index contributed by atoms with van der Waals surface area (Å²) in [5, 5.41) is 38.0. The molecule has 0 aliphatic heterocycles. The number of aliphatic hydroxyl groups excluding tert-OH is 1. The van der Waals surface area contributed by atoms with Crippen LogP contribution < -0.4 is 5.32 Å². The Balaban J connectivity index is 4.23. The molecule has 3 unspecified atom stereocenters. The van der Waals surface area contributed by atoms with Gasteiger partial charge in [0.2, 0.25) is 0 Å². The van der Waals surface area contributed by atoms with E-state index in [4.69, 9.17) is 20.4 Å². The highest BCUT2D eigenvalue weighted by atomic mass is 16.4. The molecule has 0 aliphatic carbocycles. The van der Waals surface area contributed by atoms with Crippen LogP contribution in [0.4, 0.5) is 0 Å². The summed E-state index contributed by atoms with van der Waals surface area (Å²) in [6.45, 7) is 1.77. The lowest BCUT2D eigenvalue weighted by Gasteiger charge is -2.23. The summed E-state index contributed by atoms with van der Waals surface area (Å²) < 4.78 is 0.